The Morgan fingerprint density at radius 1 is 0.545 bits per heavy atom. The molecular weight excluding hydrogens is 459 g/mol. The predicted octanol–water partition coefficient (Wildman–Crippen LogP) is 8.40. The summed E-state index contributed by atoms with van der Waals surface area (Å²) in [6.45, 7) is 0. The summed E-state index contributed by atoms with van der Waals surface area (Å²) >= 11 is 11.9. The van der Waals surface area contributed by atoms with Crippen molar-refractivity contribution in [3.8, 4) is 34.4 Å². The van der Waals surface area contributed by atoms with Gasteiger partial charge >= 0.3 is 0 Å². The van der Waals surface area contributed by atoms with Crippen molar-refractivity contribution in [2.75, 3.05) is 0 Å². The maximum Gasteiger partial charge on any atom is 0.227 e. The first-order chi connectivity index (χ1) is 16.1. The molecule has 0 bridgehead atoms. The first kappa shape index (κ1) is 19.9. The smallest absolute Gasteiger partial charge is 0.227 e. The third kappa shape index (κ3) is 3.93. The van der Waals surface area contributed by atoms with Crippen LogP contribution < -0.4 is 4.74 Å². The molecule has 7 heteroatoms. The summed E-state index contributed by atoms with van der Waals surface area (Å²) < 4.78 is 17.8. The molecule has 2 heterocycles. The molecule has 6 rings (SSSR count). The maximum absolute atomic E-state index is 6.06. The van der Waals surface area contributed by atoms with E-state index in [4.69, 9.17) is 36.8 Å². The molecule has 160 valence electrons. The lowest BCUT2D eigenvalue weighted by molar-refractivity contribution is 0.483. The Morgan fingerprint density at radius 3 is 1.39 bits per heavy atom. The highest BCUT2D eigenvalue weighted by Gasteiger charge is 2.12. The zero-order valence-corrected chi connectivity index (χ0v) is 18.5. The fourth-order valence-electron chi connectivity index (χ4n) is 3.51. The molecule has 33 heavy (non-hydrogen) atoms. The van der Waals surface area contributed by atoms with Crippen LogP contribution in [0.2, 0.25) is 10.0 Å². The van der Waals surface area contributed by atoms with Crippen LogP contribution in [0.1, 0.15) is 0 Å². The minimum atomic E-state index is 0.526. The number of nitrogens with zero attached hydrogens (tertiary/aromatic N) is 2. The van der Waals surface area contributed by atoms with Crippen LogP contribution >= 0.6 is 23.2 Å². The Hall–Kier alpha value is -3.80. The van der Waals surface area contributed by atoms with Crippen molar-refractivity contribution in [1.82, 2.24) is 9.97 Å². The van der Waals surface area contributed by atoms with Crippen molar-refractivity contribution in [3.63, 3.8) is 0 Å². The van der Waals surface area contributed by atoms with Gasteiger partial charge in [-0.3, -0.25) is 0 Å². The van der Waals surface area contributed by atoms with Crippen molar-refractivity contribution >= 4 is 45.4 Å². The molecular formula is C26H14Cl2N2O3. The first-order valence-corrected chi connectivity index (χ1v) is 10.9. The van der Waals surface area contributed by atoms with E-state index in [0.29, 0.717) is 55.5 Å². The van der Waals surface area contributed by atoms with Crippen LogP contribution in [0.4, 0.5) is 0 Å². The van der Waals surface area contributed by atoms with Crippen molar-refractivity contribution in [1.29, 1.82) is 0 Å². The van der Waals surface area contributed by atoms with Gasteiger partial charge in [0.25, 0.3) is 0 Å². The molecule has 0 unspecified atom stereocenters. The fraction of sp³-hybridized carbons (Fsp3) is 0. The summed E-state index contributed by atoms with van der Waals surface area (Å²) in [4.78, 5) is 9.16. The van der Waals surface area contributed by atoms with Crippen LogP contribution in [0.15, 0.2) is 93.8 Å². The number of ether oxygens (including phenoxy) is 1. The zero-order valence-electron chi connectivity index (χ0n) is 17.0. The van der Waals surface area contributed by atoms with E-state index >= 15 is 0 Å². The second kappa shape index (κ2) is 7.96. The molecule has 0 spiro atoms. The van der Waals surface area contributed by atoms with Crippen LogP contribution in [0.3, 0.4) is 0 Å². The minimum Gasteiger partial charge on any atom is -0.457 e. The second-order valence-corrected chi connectivity index (χ2v) is 8.29. The number of aromatic nitrogens is 2. The van der Waals surface area contributed by atoms with Gasteiger partial charge in [0.15, 0.2) is 11.2 Å². The zero-order chi connectivity index (χ0) is 22.4. The Morgan fingerprint density at radius 2 is 0.970 bits per heavy atom. The summed E-state index contributed by atoms with van der Waals surface area (Å²) in [5.41, 5.74) is 4.45. The molecule has 0 N–H and O–H groups in total. The molecule has 2 aromatic heterocycles. The molecule has 0 aliphatic carbocycles. The molecule has 0 fully saturated rings. The van der Waals surface area contributed by atoms with Crippen molar-refractivity contribution in [2.24, 2.45) is 0 Å². The van der Waals surface area contributed by atoms with Crippen LogP contribution in [0.5, 0.6) is 11.5 Å². The number of benzene rings is 4. The largest absolute Gasteiger partial charge is 0.457 e. The number of fused-ring (bicyclic) bond motifs is 2. The summed E-state index contributed by atoms with van der Waals surface area (Å²) in [5.74, 6) is 2.33. The van der Waals surface area contributed by atoms with Gasteiger partial charge in [0.2, 0.25) is 11.8 Å². The molecule has 0 aliphatic heterocycles. The summed E-state index contributed by atoms with van der Waals surface area (Å²) in [5, 5.41) is 1.32. The molecule has 0 amide bonds. The topological polar surface area (TPSA) is 61.3 Å². The lowest BCUT2D eigenvalue weighted by Gasteiger charge is -2.04. The summed E-state index contributed by atoms with van der Waals surface area (Å²) in [6, 6.07) is 25.7. The van der Waals surface area contributed by atoms with Gasteiger partial charge in [-0.25, -0.2) is 9.97 Å². The van der Waals surface area contributed by atoms with Crippen LogP contribution in [0, 0.1) is 0 Å². The van der Waals surface area contributed by atoms with Gasteiger partial charge in [-0.05, 0) is 72.8 Å². The monoisotopic (exact) mass is 472 g/mol. The Labute approximate surface area is 198 Å². The highest BCUT2D eigenvalue weighted by Crippen LogP contribution is 2.32. The quantitative estimate of drug-likeness (QED) is 0.257. The Balaban J connectivity index is 1.28. The molecule has 0 aliphatic rings. The van der Waals surface area contributed by atoms with Gasteiger partial charge in [0.05, 0.1) is 0 Å². The fourth-order valence-corrected chi connectivity index (χ4v) is 3.76. The van der Waals surface area contributed by atoms with Gasteiger partial charge in [0, 0.05) is 33.3 Å². The van der Waals surface area contributed by atoms with E-state index in [-0.39, 0.29) is 0 Å². The maximum atomic E-state index is 6.06. The Bertz CT molecular complexity index is 1480. The highest BCUT2D eigenvalue weighted by atomic mass is 35.5. The predicted molar refractivity (Wildman–Crippen MR) is 129 cm³/mol. The van der Waals surface area contributed by atoms with Gasteiger partial charge in [-0.15, -0.1) is 0 Å². The first-order valence-electron chi connectivity index (χ1n) is 10.1. The minimum absolute atomic E-state index is 0.526. The third-order valence-electron chi connectivity index (χ3n) is 5.14. The lowest BCUT2D eigenvalue weighted by Crippen LogP contribution is -1.84. The molecule has 0 atom stereocenters. The molecule has 6 aromatic rings. The number of hydrogen-bond donors (Lipinski definition) is 0. The van der Waals surface area contributed by atoms with Gasteiger partial charge in [-0.2, -0.15) is 0 Å². The standard InChI is InChI=1S/C26H14Cl2N2O3/c27-17-5-1-15(2-6-17)25-29-21-13-19(9-11-23(21)32-25)31-20-10-12-24-22(14-20)30-26(33-24)16-3-7-18(28)8-4-16/h1-14H. The number of oxazole rings is 2. The average molecular weight is 473 g/mol. The van der Waals surface area contributed by atoms with E-state index in [0.717, 1.165) is 11.1 Å². The van der Waals surface area contributed by atoms with Crippen molar-refractivity contribution in [2.45, 2.75) is 0 Å². The van der Waals surface area contributed by atoms with Crippen LogP contribution in [-0.4, -0.2) is 9.97 Å². The average Bonchev–Trinajstić information content (AvgIpc) is 3.44. The molecule has 4 aromatic carbocycles. The van der Waals surface area contributed by atoms with Gasteiger partial charge in [-0.1, -0.05) is 23.2 Å². The van der Waals surface area contributed by atoms with E-state index in [9.17, 15) is 0 Å². The van der Waals surface area contributed by atoms with Crippen molar-refractivity contribution < 1.29 is 13.6 Å². The molecule has 0 saturated carbocycles. The Kier molecular flexibility index (Phi) is 4.79. The number of hydrogen-bond acceptors (Lipinski definition) is 5. The molecule has 0 saturated heterocycles. The van der Waals surface area contributed by atoms with Crippen molar-refractivity contribution in [3.05, 3.63) is 95.0 Å². The van der Waals surface area contributed by atoms with Crippen LogP contribution in [0.25, 0.3) is 45.1 Å². The van der Waals surface area contributed by atoms with E-state index in [1.807, 2.05) is 60.7 Å². The van der Waals surface area contributed by atoms with Gasteiger partial charge in [0.1, 0.15) is 22.5 Å². The van der Waals surface area contributed by atoms with E-state index < -0.39 is 0 Å². The SMILES string of the molecule is Clc1ccc(-c2nc3cc(Oc4ccc5oc(-c6ccc(Cl)cc6)nc5c4)ccc3o2)cc1. The third-order valence-corrected chi connectivity index (χ3v) is 5.64. The molecule has 5 nitrogen and oxygen atoms in total. The van der Waals surface area contributed by atoms with Gasteiger partial charge < -0.3 is 13.6 Å². The number of halogens is 2. The number of rotatable bonds is 4. The molecule has 0 radical (unpaired) electrons. The van der Waals surface area contributed by atoms with E-state index in [1.54, 1.807) is 24.3 Å². The van der Waals surface area contributed by atoms with Crippen LogP contribution in [-0.2, 0) is 0 Å². The van der Waals surface area contributed by atoms with E-state index in [1.165, 1.54) is 0 Å². The van der Waals surface area contributed by atoms with E-state index in [2.05, 4.69) is 9.97 Å². The highest BCUT2D eigenvalue weighted by molar-refractivity contribution is 6.30. The summed E-state index contributed by atoms with van der Waals surface area (Å²) in [6.07, 6.45) is 0. The normalized spacial score (nSPS) is 11.3. The summed E-state index contributed by atoms with van der Waals surface area (Å²) in [7, 11) is 0. The lowest BCUT2D eigenvalue weighted by atomic mass is 10.2. The second-order valence-electron chi connectivity index (χ2n) is 7.41.